The molecule has 0 aliphatic carbocycles. The van der Waals surface area contributed by atoms with Gasteiger partial charge in [-0.2, -0.15) is 0 Å². The van der Waals surface area contributed by atoms with Crippen molar-refractivity contribution in [1.29, 1.82) is 0 Å². The number of rotatable bonds is 9. The fourth-order valence-electron chi connectivity index (χ4n) is 3.46. The van der Waals surface area contributed by atoms with Crippen molar-refractivity contribution in [3.05, 3.63) is 77.9 Å². The van der Waals surface area contributed by atoms with Crippen molar-refractivity contribution in [2.24, 2.45) is 0 Å². The van der Waals surface area contributed by atoms with Crippen molar-refractivity contribution >= 4 is 28.7 Å². The van der Waals surface area contributed by atoms with Gasteiger partial charge in [0.2, 0.25) is 5.91 Å². The molecule has 0 fully saturated rings. The molecule has 0 saturated carbocycles. The summed E-state index contributed by atoms with van der Waals surface area (Å²) < 4.78 is 15.5. The number of ether oxygens (including phenoxy) is 3. The average molecular weight is 466 g/mol. The van der Waals surface area contributed by atoms with Crippen LogP contribution >= 0.6 is 0 Å². The number of carbonyl (C=O) groups is 3. The minimum absolute atomic E-state index is 0.00949. The highest BCUT2D eigenvalue weighted by Crippen LogP contribution is 2.33. The van der Waals surface area contributed by atoms with E-state index in [0.29, 0.717) is 16.7 Å². The lowest BCUT2D eigenvalue weighted by Gasteiger charge is -2.23. The quantitative estimate of drug-likeness (QED) is 0.414. The smallest absolute Gasteiger partial charge is 0.408 e. The number of methoxy groups -OCH3 is 2. The van der Waals surface area contributed by atoms with E-state index >= 15 is 0 Å². The Hall–Kier alpha value is -4.11. The van der Waals surface area contributed by atoms with Gasteiger partial charge in [0.1, 0.15) is 18.4 Å². The van der Waals surface area contributed by atoms with E-state index < -0.39 is 36.7 Å². The van der Waals surface area contributed by atoms with E-state index in [9.17, 15) is 19.5 Å². The highest BCUT2D eigenvalue weighted by atomic mass is 16.5. The number of hydrogen-bond acceptors (Lipinski definition) is 7. The first-order chi connectivity index (χ1) is 16.5. The number of aliphatic hydroxyl groups excluding tert-OH is 1. The molecule has 0 aliphatic heterocycles. The van der Waals surface area contributed by atoms with Gasteiger partial charge in [0, 0.05) is 5.56 Å². The zero-order chi connectivity index (χ0) is 24.5. The Kier molecular flexibility index (Phi) is 8.42. The predicted molar refractivity (Wildman–Crippen MR) is 124 cm³/mol. The molecule has 1 unspecified atom stereocenters. The van der Waals surface area contributed by atoms with Crippen molar-refractivity contribution in [3.63, 3.8) is 0 Å². The number of carbonyl (C=O) groups excluding carboxylic acids is 3. The second-order valence-electron chi connectivity index (χ2n) is 7.31. The molecular formula is C25H26N2O7. The summed E-state index contributed by atoms with van der Waals surface area (Å²) >= 11 is 0. The van der Waals surface area contributed by atoms with Crippen LogP contribution < -0.4 is 15.4 Å². The second kappa shape index (κ2) is 11.7. The van der Waals surface area contributed by atoms with Crippen LogP contribution in [0.2, 0.25) is 0 Å². The average Bonchev–Trinajstić information content (AvgIpc) is 2.88. The van der Waals surface area contributed by atoms with Crippen LogP contribution in [0.15, 0.2) is 66.7 Å². The molecule has 0 radical (unpaired) electrons. The lowest BCUT2D eigenvalue weighted by Crippen LogP contribution is -2.51. The summed E-state index contributed by atoms with van der Waals surface area (Å²) in [6, 6.07) is 17.2. The van der Waals surface area contributed by atoms with E-state index in [1.165, 1.54) is 14.2 Å². The van der Waals surface area contributed by atoms with Crippen LogP contribution in [0.4, 0.5) is 4.79 Å². The number of amides is 2. The van der Waals surface area contributed by atoms with Crippen LogP contribution in [0.25, 0.3) is 10.8 Å². The van der Waals surface area contributed by atoms with Gasteiger partial charge in [-0.25, -0.2) is 9.59 Å². The fourth-order valence-corrected chi connectivity index (χ4v) is 3.46. The van der Waals surface area contributed by atoms with Crippen LogP contribution in [0.3, 0.4) is 0 Å². The first-order valence-corrected chi connectivity index (χ1v) is 10.5. The predicted octanol–water partition coefficient (Wildman–Crippen LogP) is 2.47. The van der Waals surface area contributed by atoms with E-state index in [1.54, 1.807) is 42.5 Å². The minimum atomic E-state index is -1.36. The van der Waals surface area contributed by atoms with Crippen molar-refractivity contribution in [2.45, 2.75) is 18.7 Å². The maximum absolute atomic E-state index is 12.9. The summed E-state index contributed by atoms with van der Waals surface area (Å²) in [5.74, 6) is -1.18. The molecule has 178 valence electrons. The van der Waals surface area contributed by atoms with Crippen LogP contribution in [0.1, 0.15) is 17.2 Å². The summed E-state index contributed by atoms with van der Waals surface area (Å²) in [6.07, 6.45) is -0.893. The number of aliphatic hydroxyl groups is 1. The van der Waals surface area contributed by atoms with Crippen LogP contribution in [0, 0.1) is 0 Å². The molecule has 2 amide bonds. The zero-order valence-electron chi connectivity index (χ0n) is 18.8. The van der Waals surface area contributed by atoms with E-state index in [0.717, 1.165) is 10.9 Å². The van der Waals surface area contributed by atoms with Gasteiger partial charge in [-0.1, -0.05) is 60.7 Å². The Morgan fingerprint density at radius 1 is 0.912 bits per heavy atom. The Balaban J connectivity index is 1.79. The van der Waals surface area contributed by atoms with Gasteiger partial charge < -0.3 is 30.0 Å². The van der Waals surface area contributed by atoms with Gasteiger partial charge in [0.25, 0.3) is 0 Å². The molecule has 0 aromatic heterocycles. The monoisotopic (exact) mass is 466 g/mol. The van der Waals surface area contributed by atoms with Gasteiger partial charge in [0.15, 0.2) is 6.04 Å². The summed E-state index contributed by atoms with van der Waals surface area (Å²) in [7, 11) is 2.65. The van der Waals surface area contributed by atoms with E-state index in [2.05, 4.69) is 10.6 Å². The first-order valence-electron chi connectivity index (χ1n) is 10.5. The van der Waals surface area contributed by atoms with Gasteiger partial charge in [-0.3, -0.25) is 4.79 Å². The molecule has 9 nitrogen and oxygen atoms in total. The Labute approximate surface area is 196 Å². The highest BCUT2D eigenvalue weighted by Gasteiger charge is 2.31. The Morgan fingerprint density at radius 3 is 2.29 bits per heavy atom. The van der Waals surface area contributed by atoms with Gasteiger partial charge in [0.05, 0.1) is 20.8 Å². The highest BCUT2D eigenvalue weighted by molar-refractivity contribution is 5.96. The van der Waals surface area contributed by atoms with E-state index in [4.69, 9.17) is 14.2 Å². The number of alkyl carbamates (subject to hydrolysis) is 1. The molecule has 0 saturated heterocycles. The molecule has 0 aliphatic rings. The summed E-state index contributed by atoms with van der Waals surface area (Å²) in [6.45, 7) is -0.725. The standard InChI is InChI=1S/C25H26N2O7/c1-32-20-13-12-17-10-6-7-11-18(17)21(20)22(24(30)33-2)27-23(29)19(14-28)26-25(31)34-15-16-8-4-3-5-9-16/h3-13,19,22,28H,14-15H2,1-2H3,(H,26,31)(H,27,29)/t19-,22?/m0/s1. The lowest BCUT2D eigenvalue weighted by molar-refractivity contribution is -0.145. The zero-order valence-corrected chi connectivity index (χ0v) is 18.8. The van der Waals surface area contributed by atoms with Gasteiger partial charge in [-0.15, -0.1) is 0 Å². The van der Waals surface area contributed by atoms with Crippen LogP contribution in [0.5, 0.6) is 5.75 Å². The maximum Gasteiger partial charge on any atom is 0.408 e. The van der Waals surface area contributed by atoms with E-state index in [-0.39, 0.29) is 6.61 Å². The molecule has 9 heteroatoms. The topological polar surface area (TPSA) is 123 Å². The maximum atomic E-state index is 12.9. The van der Waals surface area contributed by atoms with Crippen molar-refractivity contribution in [3.8, 4) is 5.75 Å². The number of esters is 1. The largest absolute Gasteiger partial charge is 0.496 e. The third-order valence-corrected chi connectivity index (χ3v) is 5.17. The molecule has 0 heterocycles. The number of nitrogens with one attached hydrogen (secondary N) is 2. The summed E-state index contributed by atoms with van der Waals surface area (Å²) in [5, 5.41) is 16.1. The molecule has 3 aromatic rings. The number of hydrogen-bond donors (Lipinski definition) is 3. The molecule has 2 atom stereocenters. The third kappa shape index (κ3) is 5.81. The van der Waals surface area contributed by atoms with Crippen LogP contribution in [-0.4, -0.2) is 49.9 Å². The van der Waals surface area contributed by atoms with Crippen molar-refractivity contribution < 1.29 is 33.7 Å². The third-order valence-electron chi connectivity index (χ3n) is 5.17. The van der Waals surface area contributed by atoms with Crippen molar-refractivity contribution in [1.82, 2.24) is 10.6 Å². The second-order valence-corrected chi connectivity index (χ2v) is 7.31. The molecule has 3 N–H and O–H groups in total. The van der Waals surface area contributed by atoms with Gasteiger partial charge >= 0.3 is 12.1 Å². The first kappa shape index (κ1) is 24.5. The van der Waals surface area contributed by atoms with Gasteiger partial charge in [-0.05, 0) is 22.4 Å². The summed E-state index contributed by atoms with van der Waals surface area (Å²) in [4.78, 5) is 37.8. The molecule has 0 spiro atoms. The Morgan fingerprint density at radius 2 is 1.62 bits per heavy atom. The van der Waals surface area contributed by atoms with Crippen molar-refractivity contribution in [2.75, 3.05) is 20.8 Å². The fraction of sp³-hybridized carbons (Fsp3) is 0.240. The lowest BCUT2D eigenvalue weighted by atomic mass is 9.97. The SMILES string of the molecule is COC(=O)C(NC(=O)[C@H](CO)NC(=O)OCc1ccccc1)c1c(OC)ccc2ccccc12. The molecular weight excluding hydrogens is 440 g/mol. The molecule has 3 rings (SSSR count). The Bertz CT molecular complexity index is 1150. The number of benzene rings is 3. The summed E-state index contributed by atoms with van der Waals surface area (Å²) in [5.41, 5.74) is 1.15. The molecule has 34 heavy (non-hydrogen) atoms. The molecule has 0 bridgehead atoms. The normalized spacial score (nSPS) is 12.3. The van der Waals surface area contributed by atoms with E-state index in [1.807, 2.05) is 24.3 Å². The van der Waals surface area contributed by atoms with Crippen LogP contribution in [-0.2, 0) is 25.7 Å². The molecule has 3 aromatic carbocycles. The minimum Gasteiger partial charge on any atom is -0.496 e. The number of fused-ring (bicyclic) bond motifs is 1.